The summed E-state index contributed by atoms with van der Waals surface area (Å²) in [5.74, 6) is 0. The van der Waals surface area contributed by atoms with Crippen molar-refractivity contribution in [1.82, 2.24) is 10.6 Å². The van der Waals surface area contributed by atoms with Gasteiger partial charge in [-0.25, -0.2) is 0 Å². The van der Waals surface area contributed by atoms with Crippen LogP contribution in [0.3, 0.4) is 0 Å². The smallest absolute Gasteiger partial charge is 0.0300 e. The third-order valence-electron chi connectivity index (χ3n) is 3.78. The third kappa shape index (κ3) is 3.54. The predicted molar refractivity (Wildman–Crippen MR) is 75.6 cm³/mol. The van der Waals surface area contributed by atoms with Gasteiger partial charge in [-0.3, -0.25) is 0 Å². The quantitative estimate of drug-likeness (QED) is 0.861. The van der Waals surface area contributed by atoms with Crippen molar-refractivity contribution in [1.29, 1.82) is 0 Å². The van der Waals surface area contributed by atoms with E-state index in [1.54, 1.807) is 0 Å². The van der Waals surface area contributed by atoms with E-state index >= 15 is 0 Å². The van der Waals surface area contributed by atoms with Crippen molar-refractivity contribution < 1.29 is 0 Å². The average Bonchev–Trinajstić information content (AvgIpc) is 2.67. The van der Waals surface area contributed by atoms with Gasteiger partial charge in [0.1, 0.15) is 0 Å². The highest BCUT2D eigenvalue weighted by molar-refractivity contribution is 7.11. The molecule has 0 aromatic carbocycles. The number of thiophene rings is 1. The molecule has 1 aliphatic rings. The Morgan fingerprint density at radius 3 is 2.94 bits per heavy atom. The van der Waals surface area contributed by atoms with Crippen LogP contribution in [0.2, 0.25) is 0 Å². The fourth-order valence-corrected chi connectivity index (χ4v) is 3.40. The van der Waals surface area contributed by atoms with Gasteiger partial charge >= 0.3 is 0 Å². The number of hydrogen-bond donors (Lipinski definition) is 2. The number of aryl methyl sites for hydroxylation is 1. The topological polar surface area (TPSA) is 24.1 Å². The molecule has 3 heteroatoms. The van der Waals surface area contributed by atoms with Crippen LogP contribution in [0.25, 0.3) is 0 Å². The van der Waals surface area contributed by atoms with Gasteiger partial charge in [0.2, 0.25) is 0 Å². The number of rotatable bonds is 4. The van der Waals surface area contributed by atoms with Gasteiger partial charge in [-0.05, 0) is 43.9 Å². The third-order valence-corrected chi connectivity index (χ3v) is 4.78. The zero-order valence-corrected chi connectivity index (χ0v) is 12.0. The highest BCUT2D eigenvalue weighted by atomic mass is 32.1. The lowest BCUT2D eigenvalue weighted by Gasteiger charge is -2.39. The molecule has 0 amide bonds. The summed E-state index contributed by atoms with van der Waals surface area (Å²) >= 11 is 1.89. The van der Waals surface area contributed by atoms with E-state index in [-0.39, 0.29) is 0 Å². The molecule has 2 rings (SSSR count). The van der Waals surface area contributed by atoms with Crippen LogP contribution in [0, 0.1) is 12.3 Å². The van der Waals surface area contributed by atoms with Crippen LogP contribution in [0.15, 0.2) is 12.1 Å². The SMILES string of the molecule is Cc1ccc(CNCC2NCCCC2(C)C)s1. The van der Waals surface area contributed by atoms with E-state index in [0.29, 0.717) is 11.5 Å². The first-order valence-corrected chi connectivity index (χ1v) is 7.39. The molecule has 1 fully saturated rings. The van der Waals surface area contributed by atoms with Crippen LogP contribution in [-0.2, 0) is 6.54 Å². The summed E-state index contributed by atoms with van der Waals surface area (Å²) in [7, 11) is 0. The largest absolute Gasteiger partial charge is 0.312 e. The summed E-state index contributed by atoms with van der Waals surface area (Å²) in [6.45, 7) is 10.2. The Bertz CT molecular complexity index is 357. The molecule has 0 spiro atoms. The Kier molecular flexibility index (Phi) is 4.23. The molecule has 0 saturated carbocycles. The Hall–Kier alpha value is -0.380. The minimum atomic E-state index is 0.427. The minimum absolute atomic E-state index is 0.427. The van der Waals surface area contributed by atoms with E-state index < -0.39 is 0 Å². The van der Waals surface area contributed by atoms with E-state index in [1.807, 2.05) is 11.3 Å². The van der Waals surface area contributed by atoms with E-state index in [4.69, 9.17) is 0 Å². The van der Waals surface area contributed by atoms with Crippen molar-refractivity contribution >= 4 is 11.3 Å². The van der Waals surface area contributed by atoms with E-state index in [1.165, 1.54) is 29.1 Å². The summed E-state index contributed by atoms with van der Waals surface area (Å²) < 4.78 is 0. The second-order valence-electron chi connectivity index (χ2n) is 5.74. The second-order valence-corrected chi connectivity index (χ2v) is 7.11. The molecule has 1 aliphatic heterocycles. The van der Waals surface area contributed by atoms with Gasteiger partial charge in [0.05, 0.1) is 0 Å². The van der Waals surface area contributed by atoms with Gasteiger partial charge in [-0.15, -0.1) is 11.3 Å². The standard InChI is InChI=1S/C14H24N2S/c1-11-5-6-12(17-11)9-15-10-13-14(2,3)7-4-8-16-13/h5-6,13,15-16H,4,7-10H2,1-3H3. The van der Waals surface area contributed by atoms with Crippen molar-refractivity contribution in [3.8, 4) is 0 Å². The van der Waals surface area contributed by atoms with Crippen LogP contribution in [0.5, 0.6) is 0 Å². The molecular formula is C14H24N2S. The molecule has 2 nitrogen and oxygen atoms in total. The number of nitrogens with one attached hydrogen (secondary N) is 2. The highest BCUT2D eigenvalue weighted by Gasteiger charge is 2.31. The Morgan fingerprint density at radius 1 is 1.47 bits per heavy atom. The molecule has 1 aromatic rings. The first-order chi connectivity index (χ1) is 8.08. The lowest BCUT2D eigenvalue weighted by molar-refractivity contribution is 0.176. The van der Waals surface area contributed by atoms with Crippen LogP contribution in [-0.4, -0.2) is 19.1 Å². The molecule has 0 aliphatic carbocycles. The zero-order chi connectivity index (χ0) is 12.3. The van der Waals surface area contributed by atoms with Crippen molar-refractivity contribution in [3.63, 3.8) is 0 Å². The van der Waals surface area contributed by atoms with Gasteiger partial charge in [0, 0.05) is 28.9 Å². The Balaban J connectivity index is 1.77. The summed E-state index contributed by atoms with van der Waals surface area (Å²) in [6, 6.07) is 5.04. The summed E-state index contributed by atoms with van der Waals surface area (Å²) in [4.78, 5) is 2.84. The lowest BCUT2D eigenvalue weighted by Crippen LogP contribution is -2.51. The predicted octanol–water partition coefficient (Wildman–Crippen LogP) is 2.92. The second kappa shape index (κ2) is 5.51. The maximum atomic E-state index is 3.64. The summed E-state index contributed by atoms with van der Waals surface area (Å²) in [6.07, 6.45) is 2.65. The Labute approximate surface area is 109 Å². The van der Waals surface area contributed by atoms with Crippen LogP contribution in [0.1, 0.15) is 36.4 Å². The molecule has 17 heavy (non-hydrogen) atoms. The minimum Gasteiger partial charge on any atom is -0.312 e. The summed E-state index contributed by atoms with van der Waals surface area (Å²) in [5, 5.41) is 7.23. The molecule has 1 atom stereocenters. The van der Waals surface area contributed by atoms with Crippen LogP contribution >= 0.6 is 11.3 Å². The first-order valence-electron chi connectivity index (χ1n) is 6.57. The van der Waals surface area contributed by atoms with E-state index in [9.17, 15) is 0 Å². The normalized spacial score (nSPS) is 23.8. The molecular weight excluding hydrogens is 228 g/mol. The Morgan fingerprint density at radius 2 is 2.29 bits per heavy atom. The van der Waals surface area contributed by atoms with Crippen molar-refractivity contribution in [2.45, 2.75) is 46.2 Å². The maximum absolute atomic E-state index is 3.64. The molecule has 0 bridgehead atoms. The molecule has 1 aromatic heterocycles. The average molecular weight is 252 g/mol. The van der Waals surface area contributed by atoms with Crippen molar-refractivity contribution in [3.05, 3.63) is 21.9 Å². The van der Waals surface area contributed by atoms with Gasteiger partial charge < -0.3 is 10.6 Å². The van der Waals surface area contributed by atoms with Gasteiger partial charge in [0.15, 0.2) is 0 Å². The maximum Gasteiger partial charge on any atom is 0.0300 e. The zero-order valence-electron chi connectivity index (χ0n) is 11.2. The van der Waals surface area contributed by atoms with Gasteiger partial charge in [-0.2, -0.15) is 0 Å². The van der Waals surface area contributed by atoms with Gasteiger partial charge in [-0.1, -0.05) is 13.8 Å². The lowest BCUT2D eigenvalue weighted by atomic mass is 9.77. The van der Waals surface area contributed by atoms with E-state index in [2.05, 4.69) is 43.5 Å². The molecule has 0 radical (unpaired) electrons. The van der Waals surface area contributed by atoms with Crippen molar-refractivity contribution in [2.75, 3.05) is 13.1 Å². The molecule has 2 N–H and O–H groups in total. The van der Waals surface area contributed by atoms with Crippen LogP contribution < -0.4 is 10.6 Å². The van der Waals surface area contributed by atoms with Crippen LogP contribution in [0.4, 0.5) is 0 Å². The fraction of sp³-hybridized carbons (Fsp3) is 0.714. The highest BCUT2D eigenvalue weighted by Crippen LogP contribution is 2.29. The molecule has 96 valence electrons. The molecule has 1 saturated heterocycles. The molecule has 1 unspecified atom stereocenters. The fourth-order valence-electron chi connectivity index (χ4n) is 2.54. The van der Waals surface area contributed by atoms with E-state index in [0.717, 1.165) is 13.1 Å². The monoisotopic (exact) mass is 252 g/mol. The van der Waals surface area contributed by atoms with Crippen molar-refractivity contribution in [2.24, 2.45) is 5.41 Å². The number of hydrogen-bond acceptors (Lipinski definition) is 3. The summed E-state index contributed by atoms with van der Waals surface area (Å²) in [5.41, 5.74) is 0.427. The number of piperidine rings is 1. The van der Waals surface area contributed by atoms with Gasteiger partial charge in [0.25, 0.3) is 0 Å². The first kappa shape index (κ1) is 13.1. The molecule has 2 heterocycles.